The van der Waals surface area contributed by atoms with Crippen molar-refractivity contribution in [3.8, 4) is 0 Å². The lowest BCUT2D eigenvalue weighted by Gasteiger charge is -2.07. The van der Waals surface area contributed by atoms with Crippen LogP contribution in [0.2, 0.25) is 0 Å². The summed E-state index contributed by atoms with van der Waals surface area (Å²) in [5.74, 6) is -0.742. The standard InChI is InChI=1S/C11H13N5O3/c1-5-8(4-9(18)19)6(2)16-11(12-5)14-10(15-16)13-7(3)17/h4H2,1-3H3,(H,18,19)(H,13,15,17). The molecule has 0 aliphatic heterocycles. The fourth-order valence-electron chi connectivity index (χ4n) is 1.83. The maximum atomic E-state index is 11.0. The van der Waals surface area contributed by atoms with E-state index in [1.54, 1.807) is 13.8 Å². The Hall–Kier alpha value is -2.51. The number of hydrogen-bond donors (Lipinski definition) is 2. The van der Waals surface area contributed by atoms with Crippen LogP contribution in [0.15, 0.2) is 0 Å². The molecule has 0 aliphatic carbocycles. The summed E-state index contributed by atoms with van der Waals surface area (Å²) in [6.45, 7) is 4.82. The quantitative estimate of drug-likeness (QED) is 0.825. The fraction of sp³-hybridized carbons (Fsp3) is 0.364. The first-order chi connectivity index (χ1) is 8.88. The van der Waals surface area contributed by atoms with Gasteiger partial charge in [0, 0.05) is 23.9 Å². The molecule has 8 nitrogen and oxygen atoms in total. The van der Waals surface area contributed by atoms with Crippen molar-refractivity contribution in [1.82, 2.24) is 19.6 Å². The molecule has 0 unspecified atom stereocenters. The van der Waals surface area contributed by atoms with Crippen LogP contribution >= 0.6 is 0 Å². The zero-order valence-corrected chi connectivity index (χ0v) is 10.8. The Morgan fingerprint density at radius 1 is 1.32 bits per heavy atom. The number of rotatable bonds is 3. The number of carbonyl (C=O) groups is 2. The zero-order valence-electron chi connectivity index (χ0n) is 10.8. The topological polar surface area (TPSA) is 109 Å². The molecule has 0 fully saturated rings. The van der Waals surface area contributed by atoms with Gasteiger partial charge in [-0.3, -0.25) is 14.9 Å². The number of aliphatic carboxylic acids is 1. The van der Waals surface area contributed by atoms with Gasteiger partial charge in [-0.2, -0.15) is 9.50 Å². The van der Waals surface area contributed by atoms with E-state index in [4.69, 9.17) is 5.11 Å². The highest BCUT2D eigenvalue weighted by atomic mass is 16.4. The Bertz CT molecular complexity index is 677. The Morgan fingerprint density at radius 3 is 2.58 bits per heavy atom. The zero-order chi connectivity index (χ0) is 14.2. The number of anilines is 1. The van der Waals surface area contributed by atoms with E-state index in [0.29, 0.717) is 22.7 Å². The predicted molar refractivity (Wildman–Crippen MR) is 65.9 cm³/mol. The fourth-order valence-corrected chi connectivity index (χ4v) is 1.83. The van der Waals surface area contributed by atoms with E-state index < -0.39 is 5.97 Å². The minimum Gasteiger partial charge on any atom is -0.481 e. The number of nitrogens with zero attached hydrogens (tertiary/aromatic N) is 4. The van der Waals surface area contributed by atoms with Crippen molar-refractivity contribution in [3.05, 3.63) is 17.0 Å². The Labute approximate surface area is 108 Å². The summed E-state index contributed by atoms with van der Waals surface area (Å²) in [4.78, 5) is 30.0. The van der Waals surface area contributed by atoms with Gasteiger partial charge < -0.3 is 5.11 Å². The Morgan fingerprint density at radius 2 is 2.00 bits per heavy atom. The molecule has 0 atom stereocenters. The van der Waals surface area contributed by atoms with Gasteiger partial charge in [-0.15, -0.1) is 5.10 Å². The second kappa shape index (κ2) is 4.63. The highest BCUT2D eigenvalue weighted by Gasteiger charge is 2.15. The molecule has 2 N–H and O–H groups in total. The first kappa shape index (κ1) is 12.9. The highest BCUT2D eigenvalue weighted by molar-refractivity contribution is 5.86. The second-order valence-electron chi connectivity index (χ2n) is 4.16. The summed E-state index contributed by atoms with van der Waals surface area (Å²) in [6, 6.07) is 0. The summed E-state index contributed by atoms with van der Waals surface area (Å²) in [5, 5.41) is 15.4. The van der Waals surface area contributed by atoms with Crippen molar-refractivity contribution in [2.24, 2.45) is 0 Å². The van der Waals surface area contributed by atoms with E-state index in [0.717, 1.165) is 0 Å². The van der Waals surface area contributed by atoms with E-state index in [1.165, 1.54) is 11.4 Å². The number of aromatic nitrogens is 4. The minimum absolute atomic E-state index is 0.129. The summed E-state index contributed by atoms with van der Waals surface area (Å²) in [7, 11) is 0. The number of fused-ring (bicyclic) bond motifs is 1. The molecule has 19 heavy (non-hydrogen) atoms. The summed E-state index contributed by atoms with van der Waals surface area (Å²) in [6.07, 6.45) is -0.129. The molecule has 0 saturated carbocycles. The van der Waals surface area contributed by atoms with Crippen LogP contribution in [-0.2, 0) is 16.0 Å². The van der Waals surface area contributed by atoms with E-state index in [9.17, 15) is 9.59 Å². The number of aryl methyl sites for hydroxylation is 2. The lowest BCUT2D eigenvalue weighted by atomic mass is 10.1. The van der Waals surface area contributed by atoms with Crippen LogP contribution in [0.1, 0.15) is 23.9 Å². The van der Waals surface area contributed by atoms with Crippen molar-refractivity contribution >= 4 is 23.6 Å². The number of hydrogen-bond acceptors (Lipinski definition) is 5. The molecule has 8 heteroatoms. The largest absolute Gasteiger partial charge is 0.481 e. The number of carboxylic acid groups (broad SMARTS) is 1. The summed E-state index contributed by atoms with van der Waals surface area (Å²) >= 11 is 0. The van der Waals surface area contributed by atoms with E-state index in [-0.39, 0.29) is 18.3 Å². The number of carboxylic acids is 1. The smallest absolute Gasteiger partial charge is 0.307 e. The summed E-state index contributed by atoms with van der Waals surface area (Å²) in [5.41, 5.74) is 1.84. The molecule has 0 saturated heterocycles. The lowest BCUT2D eigenvalue weighted by Crippen LogP contribution is -2.10. The van der Waals surface area contributed by atoms with Gasteiger partial charge in [-0.25, -0.2) is 4.98 Å². The molecule has 2 rings (SSSR count). The third-order valence-corrected chi connectivity index (χ3v) is 2.66. The highest BCUT2D eigenvalue weighted by Crippen LogP contribution is 2.15. The van der Waals surface area contributed by atoms with Crippen molar-refractivity contribution in [3.63, 3.8) is 0 Å². The molecular weight excluding hydrogens is 250 g/mol. The van der Waals surface area contributed by atoms with Crippen molar-refractivity contribution in [1.29, 1.82) is 0 Å². The average molecular weight is 263 g/mol. The molecule has 0 bridgehead atoms. The van der Waals surface area contributed by atoms with Crippen LogP contribution in [-0.4, -0.2) is 36.6 Å². The Kier molecular flexibility index (Phi) is 3.16. The van der Waals surface area contributed by atoms with E-state index in [1.807, 2.05) is 0 Å². The van der Waals surface area contributed by atoms with Gasteiger partial charge in [0.05, 0.1) is 6.42 Å². The molecule has 0 spiro atoms. The van der Waals surface area contributed by atoms with Crippen LogP contribution in [0, 0.1) is 13.8 Å². The maximum Gasteiger partial charge on any atom is 0.307 e. The number of amides is 1. The lowest BCUT2D eigenvalue weighted by molar-refractivity contribution is -0.136. The van der Waals surface area contributed by atoms with Crippen molar-refractivity contribution in [2.75, 3.05) is 5.32 Å². The molecule has 100 valence electrons. The van der Waals surface area contributed by atoms with Crippen LogP contribution in [0.5, 0.6) is 0 Å². The van der Waals surface area contributed by atoms with Gasteiger partial charge in [0.1, 0.15) is 0 Å². The minimum atomic E-state index is -0.936. The number of nitrogens with one attached hydrogen (secondary N) is 1. The third-order valence-electron chi connectivity index (χ3n) is 2.66. The van der Waals surface area contributed by atoms with E-state index in [2.05, 4.69) is 20.4 Å². The van der Waals surface area contributed by atoms with Crippen LogP contribution in [0.4, 0.5) is 5.95 Å². The van der Waals surface area contributed by atoms with Crippen molar-refractivity contribution in [2.45, 2.75) is 27.2 Å². The molecule has 1 amide bonds. The molecule has 0 radical (unpaired) electrons. The average Bonchev–Trinajstić information content (AvgIpc) is 2.65. The van der Waals surface area contributed by atoms with Crippen LogP contribution in [0.3, 0.4) is 0 Å². The van der Waals surface area contributed by atoms with Gasteiger partial charge in [0.25, 0.3) is 11.7 Å². The normalized spacial score (nSPS) is 10.7. The predicted octanol–water partition coefficient (Wildman–Crippen LogP) is 0.327. The van der Waals surface area contributed by atoms with Gasteiger partial charge in [-0.1, -0.05) is 0 Å². The molecule has 2 aromatic heterocycles. The first-order valence-electron chi connectivity index (χ1n) is 5.60. The van der Waals surface area contributed by atoms with Crippen LogP contribution in [0.25, 0.3) is 5.78 Å². The maximum absolute atomic E-state index is 11.0. The van der Waals surface area contributed by atoms with Gasteiger partial charge in [-0.05, 0) is 13.8 Å². The molecular formula is C11H13N5O3. The number of carbonyl (C=O) groups excluding carboxylic acids is 1. The molecule has 2 heterocycles. The SMILES string of the molecule is CC(=O)Nc1nc2nc(C)c(CC(=O)O)c(C)n2n1. The third kappa shape index (κ3) is 2.51. The first-order valence-corrected chi connectivity index (χ1v) is 5.60. The second-order valence-corrected chi connectivity index (χ2v) is 4.16. The molecule has 0 aliphatic rings. The van der Waals surface area contributed by atoms with Gasteiger partial charge in [0.2, 0.25) is 5.91 Å². The van der Waals surface area contributed by atoms with Gasteiger partial charge in [0.15, 0.2) is 0 Å². The molecule has 2 aromatic rings. The molecule has 0 aromatic carbocycles. The summed E-state index contributed by atoms with van der Waals surface area (Å²) < 4.78 is 1.43. The van der Waals surface area contributed by atoms with Gasteiger partial charge >= 0.3 is 5.97 Å². The van der Waals surface area contributed by atoms with E-state index >= 15 is 0 Å². The Balaban J connectivity index is 2.56. The van der Waals surface area contributed by atoms with Crippen LogP contribution < -0.4 is 5.32 Å². The van der Waals surface area contributed by atoms with Crippen molar-refractivity contribution < 1.29 is 14.7 Å². The monoisotopic (exact) mass is 263 g/mol.